The molecule has 2 heterocycles. The molecule has 0 saturated carbocycles. The van der Waals surface area contributed by atoms with Crippen molar-refractivity contribution in [3.05, 3.63) is 48.3 Å². The van der Waals surface area contributed by atoms with E-state index in [1.54, 1.807) is 17.1 Å². The number of carbonyl (C=O) groups is 1. The SMILES string of the molecule is CC1CCN(C(=O)c2cnn(-c3ccccc3)c2)C1CCl. The Morgan fingerprint density at radius 3 is 2.86 bits per heavy atom. The van der Waals surface area contributed by atoms with Crippen molar-refractivity contribution in [2.45, 2.75) is 19.4 Å². The van der Waals surface area contributed by atoms with Crippen molar-refractivity contribution in [1.82, 2.24) is 14.7 Å². The highest BCUT2D eigenvalue weighted by Gasteiger charge is 2.34. The molecular formula is C16H18ClN3O. The van der Waals surface area contributed by atoms with Gasteiger partial charge in [-0.1, -0.05) is 25.1 Å². The summed E-state index contributed by atoms with van der Waals surface area (Å²) >= 11 is 6.02. The average molecular weight is 304 g/mol. The van der Waals surface area contributed by atoms with Crippen molar-refractivity contribution in [1.29, 1.82) is 0 Å². The van der Waals surface area contributed by atoms with Crippen LogP contribution in [0.2, 0.25) is 0 Å². The summed E-state index contributed by atoms with van der Waals surface area (Å²) in [6.45, 7) is 2.92. The highest BCUT2D eigenvalue weighted by atomic mass is 35.5. The van der Waals surface area contributed by atoms with E-state index in [-0.39, 0.29) is 11.9 Å². The zero-order valence-corrected chi connectivity index (χ0v) is 12.7. The number of hydrogen-bond donors (Lipinski definition) is 0. The molecule has 0 N–H and O–H groups in total. The molecule has 1 amide bonds. The van der Waals surface area contributed by atoms with Gasteiger partial charge in [-0.2, -0.15) is 5.10 Å². The summed E-state index contributed by atoms with van der Waals surface area (Å²) < 4.78 is 1.72. The number of para-hydroxylation sites is 1. The number of aromatic nitrogens is 2. The van der Waals surface area contributed by atoms with E-state index < -0.39 is 0 Å². The summed E-state index contributed by atoms with van der Waals surface area (Å²) in [5.74, 6) is 0.961. The molecule has 1 aliphatic rings. The molecule has 2 unspecified atom stereocenters. The number of likely N-dealkylation sites (tertiary alicyclic amines) is 1. The Balaban J connectivity index is 1.82. The van der Waals surface area contributed by atoms with Crippen molar-refractivity contribution in [2.75, 3.05) is 12.4 Å². The second-order valence-corrected chi connectivity index (χ2v) is 5.80. The van der Waals surface area contributed by atoms with Crippen molar-refractivity contribution >= 4 is 17.5 Å². The van der Waals surface area contributed by atoms with E-state index in [1.165, 1.54) is 0 Å². The van der Waals surface area contributed by atoms with Gasteiger partial charge in [0.25, 0.3) is 5.91 Å². The minimum absolute atomic E-state index is 0.0205. The Morgan fingerprint density at radius 1 is 1.38 bits per heavy atom. The number of amides is 1. The van der Waals surface area contributed by atoms with Crippen molar-refractivity contribution in [3.8, 4) is 5.69 Å². The molecule has 2 aromatic rings. The lowest BCUT2D eigenvalue weighted by molar-refractivity contribution is 0.0737. The smallest absolute Gasteiger partial charge is 0.257 e. The fraction of sp³-hybridized carbons (Fsp3) is 0.375. The molecule has 1 fully saturated rings. The molecule has 3 rings (SSSR count). The molecule has 110 valence electrons. The van der Waals surface area contributed by atoms with Crippen molar-refractivity contribution < 1.29 is 4.79 Å². The molecule has 1 aromatic carbocycles. The van der Waals surface area contributed by atoms with Crippen LogP contribution in [-0.2, 0) is 0 Å². The van der Waals surface area contributed by atoms with Crippen LogP contribution < -0.4 is 0 Å². The molecule has 0 radical (unpaired) electrons. The first-order valence-electron chi connectivity index (χ1n) is 7.17. The molecule has 4 nitrogen and oxygen atoms in total. The number of benzene rings is 1. The zero-order valence-electron chi connectivity index (χ0n) is 11.9. The molecular weight excluding hydrogens is 286 g/mol. The average Bonchev–Trinajstić information content (AvgIpc) is 3.14. The predicted octanol–water partition coefficient (Wildman–Crippen LogP) is 2.96. The van der Waals surface area contributed by atoms with Crippen molar-refractivity contribution in [2.24, 2.45) is 5.92 Å². The zero-order chi connectivity index (χ0) is 14.8. The van der Waals surface area contributed by atoms with Crippen LogP contribution in [0.25, 0.3) is 5.69 Å². The van der Waals surface area contributed by atoms with Gasteiger partial charge < -0.3 is 4.90 Å². The quantitative estimate of drug-likeness (QED) is 0.818. The van der Waals surface area contributed by atoms with Crippen LogP contribution in [0.15, 0.2) is 42.7 Å². The highest BCUT2D eigenvalue weighted by Crippen LogP contribution is 2.26. The number of nitrogens with zero attached hydrogens (tertiary/aromatic N) is 3. The van der Waals surface area contributed by atoms with Gasteiger partial charge in [0.05, 0.1) is 17.4 Å². The normalized spacial score (nSPS) is 21.7. The van der Waals surface area contributed by atoms with Gasteiger partial charge in [-0.05, 0) is 24.5 Å². The Labute approximate surface area is 129 Å². The Hall–Kier alpha value is -1.81. The third-order valence-corrected chi connectivity index (χ3v) is 4.47. The summed E-state index contributed by atoms with van der Waals surface area (Å²) in [5, 5.41) is 4.28. The second kappa shape index (κ2) is 5.90. The maximum Gasteiger partial charge on any atom is 0.257 e. The molecule has 1 aromatic heterocycles. The summed E-state index contributed by atoms with van der Waals surface area (Å²) in [7, 11) is 0. The van der Waals surface area contributed by atoms with E-state index in [1.807, 2.05) is 35.2 Å². The molecule has 2 atom stereocenters. The van der Waals surface area contributed by atoms with E-state index in [9.17, 15) is 4.79 Å². The van der Waals surface area contributed by atoms with Crippen LogP contribution in [0, 0.1) is 5.92 Å². The molecule has 0 spiro atoms. The van der Waals surface area contributed by atoms with Gasteiger partial charge in [-0.15, -0.1) is 11.6 Å². The largest absolute Gasteiger partial charge is 0.334 e. The van der Waals surface area contributed by atoms with Crippen molar-refractivity contribution in [3.63, 3.8) is 0 Å². The molecule has 1 saturated heterocycles. The summed E-state index contributed by atoms with van der Waals surface area (Å²) in [6.07, 6.45) is 4.42. The van der Waals surface area contributed by atoms with E-state index in [0.717, 1.165) is 18.7 Å². The van der Waals surface area contributed by atoms with Gasteiger partial charge in [0.15, 0.2) is 0 Å². The summed E-state index contributed by atoms with van der Waals surface area (Å²) in [4.78, 5) is 14.5. The molecule has 0 bridgehead atoms. The summed E-state index contributed by atoms with van der Waals surface area (Å²) in [6, 6.07) is 9.89. The van der Waals surface area contributed by atoms with Crippen LogP contribution in [0.4, 0.5) is 0 Å². The van der Waals surface area contributed by atoms with Gasteiger partial charge in [-0.3, -0.25) is 4.79 Å². The number of alkyl halides is 1. The Bertz CT molecular complexity index is 625. The number of carbonyl (C=O) groups excluding carboxylic acids is 1. The molecule has 1 aliphatic heterocycles. The summed E-state index contributed by atoms with van der Waals surface area (Å²) in [5.41, 5.74) is 1.56. The van der Waals surface area contributed by atoms with Gasteiger partial charge >= 0.3 is 0 Å². The lowest BCUT2D eigenvalue weighted by Gasteiger charge is -2.24. The third kappa shape index (κ3) is 2.68. The van der Waals surface area contributed by atoms with Gasteiger partial charge in [0.2, 0.25) is 0 Å². The molecule has 5 heteroatoms. The predicted molar refractivity (Wildman–Crippen MR) is 82.9 cm³/mol. The first-order valence-corrected chi connectivity index (χ1v) is 7.71. The van der Waals surface area contributed by atoms with Crippen LogP contribution in [0.1, 0.15) is 23.7 Å². The fourth-order valence-corrected chi connectivity index (χ4v) is 3.29. The highest BCUT2D eigenvalue weighted by molar-refractivity contribution is 6.18. The van der Waals surface area contributed by atoms with Gasteiger partial charge in [0, 0.05) is 24.7 Å². The Morgan fingerprint density at radius 2 is 2.14 bits per heavy atom. The van der Waals surface area contributed by atoms with Crippen LogP contribution >= 0.6 is 11.6 Å². The van der Waals surface area contributed by atoms with Crippen LogP contribution in [-0.4, -0.2) is 39.1 Å². The molecule has 0 aliphatic carbocycles. The maximum absolute atomic E-state index is 12.6. The first-order chi connectivity index (χ1) is 10.2. The van der Waals surface area contributed by atoms with Gasteiger partial charge in [-0.25, -0.2) is 4.68 Å². The minimum Gasteiger partial charge on any atom is -0.334 e. The Kier molecular flexibility index (Phi) is 3.97. The van der Waals surface area contributed by atoms with Crippen LogP contribution in [0.5, 0.6) is 0 Å². The fourth-order valence-electron chi connectivity index (χ4n) is 2.82. The minimum atomic E-state index is 0.0205. The maximum atomic E-state index is 12.6. The van der Waals surface area contributed by atoms with E-state index >= 15 is 0 Å². The monoisotopic (exact) mass is 303 g/mol. The van der Waals surface area contributed by atoms with Crippen LogP contribution in [0.3, 0.4) is 0 Å². The first kappa shape index (κ1) is 14.1. The second-order valence-electron chi connectivity index (χ2n) is 5.50. The standard InChI is InChI=1S/C16H18ClN3O/c1-12-7-8-19(15(12)9-17)16(21)13-10-18-20(11-13)14-5-3-2-4-6-14/h2-6,10-12,15H,7-9H2,1H3. The van der Waals surface area contributed by atoms with E-state index in [0.29, 0.717) is 17.4 Å². The van der Waals surface area contributed by atoms with Gasteiger partial charge in [0.1, 0.15) is 0 Å². The third-order valence-electron chi connectivity index (χ3n) is 4.15. The topological polar surface area (TPSA) is 38.1 Å². The van der Waals surface area contributed by atoms with E-state index in [4.69, 9.17) is 11.6 Å². The van der Waals surface area contributed by atoms with E-state index in [2.05, 4.69) is 12.0 Å². The lowest BCUT2D eigenvalue weighted by Crippen LogP contribution is -2.38. The lowest BCUT2D eigenvalue weighted by atomic mass is 10.0. The molecule has 21 heavy (non-hydrogen) atoms. The number of halogens is 1. The number of rotatable bonds is 3. The number of hydrogen-bond acceptors (Lipinski definition) is 2.